The summed E-state index contributed by atoms with van der Waals surface area (Å²) in [6.07, 6.45) is 4.49. The van der Waals surface area contributed by atoms with E-state index in [-0.39, 0.29) is 5.38 Å². The largest absolute Gasteiger partial charge is 0.493 e. The van der Waals surface area contributed by atoms with Crippen LogP contribution in [0, 0.1) is 5.92 Å². The lowest BCUT2D eigenvalue weighted by Crippen LogP contribution is -2.09. The van der Waals surface area contributed by atoms with Crippen LogP contribution in [0.3, 0.4) is 0 Å². The molecule has 0 saturated carbocycles. The van der Waals surface area contributed by atoms with E-state index in [4.69, 9.17) is 16.3 Å². The molecule has 2 heteroatoms. The first kappa shape index (κ1) is 12.8. The molecule has 1 aliphatic heterocycles. The summed E-state index contributed by atoms with van der Waals surface area (Å²) in [5.74, 6) is 1.73. The van der Waals surface area contributed by atoms with E-state index >= 15 is 0 Å². The Kier molecular flexibility index (Phi) is 4.33. The lowest BCUT2D eigenvalue weighted by Gasteiger charge is -2.20. The molecule has 1 heterocycles. The number of fused-ring (bicyclic) bond motifs is 1. The van der Waals surface area contributed by atoms with Crippen LogP contribution < -0.4 is 4.74 Å². The summed E-state index contributed by atoms with van der Waals surface area (Å²) < 4.78 is 5.62. The second-order valence-corrected chi connectivity index (χ2v) is 5.56. The van der Waals surface area contributed by atoms with E-state index in [1.54, 1.807) is 0 Å². The minimum Gasteiger partial charge on any atom is -0.493 e. The van der Waals surface area contributed by atoms with Gasteiger partial charge in [0.15, 0.2) is 0 Å². The van der Waals surface area contributed by atoms with Gasteiger partial charge in [-0.3, -0.25) is 0 Å². The molecule has 0 spiro atoms. The van der Waals surface area contributed by atoms with Gasteiger partial charge in [0, 0.05) is 0 Å². The highest BCUT2D eigenvalue weighted by molar-refractivity contribution is 6.20. The fraction of sp³-hybridized carbons (Fsp3) is 0.600. The van der Waals surface area contributed by atoms with Gasteiger partial charge < -0.3 is 4.74 Å². The molecule has 17 heavy (non-hydrogen) atoms. The second-order valence-electron chi connectivity index (χ2n) is 5.04. The monoisotopic (exact) mass is 252 g/mol. The predicted octanol–water partition coefficient (Wildman–Crippen LogP) is 4.73. The van der Waals surface area contributed by atoms with Gasteiger partial charge in [-0.2, -0.15) is 0 Å². The maximum Gasteiger partial charge on any atom is 0.122 e. The molecule has 0 N–H and O–H groups in total. The molecule has 0 radical (unpaired) electrons. The average Bonchev–Trinajstić information content (AvgIpc) is 2.38. The Morgan fingerprint density at radius 1 is 1.41 bits per heavy atom. The molecule has 2 atom stereocenters. The van der Waals surface area contributed by atoms with Gasteiger partial charge in [-0.15, -0.1) is 11.6 Å². The van der Waals surface area contributed by atoms with Crippen LogP contribution in [-0.4, -0.2) is 6.61 Å². The number of hydrogen-bond acceptors (Lipinski definition) is 1. The van der Waals surface area contributed by atoms with Crippen molar-refractivity contribution in [2.24, 2.45) is 5.92 Å². The van der Waals surface area contributed by atoms with Crippen LogP contribution in [0.4, 0.5) is 0 Å². The summed E-state index contributed by atoms with van der Waals surface area (Å²) in [5.41, 5.74) is 2.57. The van der Waals surface area contributed by atoms with Crippen LogP contribution in [-0.2, 0) is 6.42 Å². The number of aryl methyl sites for hydroxylation is 1. The second kappa shape index (κ2) is 5.77. The first-order valence-corrected chi connectivity index (χ1v) is 7.04. The molecule has 1 aliphatic rings. The average molecular weight is 253 g/mol. The van der Waals surface area contributed by atoms with Crippen molar-refractivity contribution in [1.82, 2.24) is 0 Å². The lowest BCUT2D eigenvalue weighted by molar-refractivity contribution is 0.288. The van der Waals surface area contributed by atoms with E-state index < -0.39 is 0 Å². The third-order valence-corrected chi connectivity index (χ3v) is 4.03. The molecular weight excluding hydrogens is 232 g/mol. The maximum atomic E-state index is 6.48. The van der Waals surface area contributed by atoms with Crippen molar-refractivity contribution in [2.75, 3.05) is 6.61 Å². The Hall–Kier alpha value is -0.690. The molecule has 0 aromatic heterocycles. The minimum atomic E-state index is 0.136. The summed E-state index contributed by atoms with van der Waals surface area (Å²) in [4.78, 5) is 0. The Morgan fingerprint density at radius 3 is 3.00 bits per heavy atom. The zero-order valence-corrected chi connectivity index (χ0v) is 11.5. The molecule has 1 aromatic carbocycles. The maximum absolute atomic E-state index is 6.48. The van der Waals surface area contributed by atoms with E-state index in [9.17, 15) is 0 Å². The summed E-state index contributed by atoms with van der Waals surface area (Å²) in [6.45, 7) is 5.33. The first-order chi connectivity index (χ1) is 8.20. The Morgan fingerprint density at radius 2 is 2.24 bits per heavy atom. The molecule has 0 fully saturated rings. The molecule has 0 saturated heterocycles. The topological polar surface area (TPSA) is 9.23 Å². The Balaban J connectivity index is 2.10. The van der Waals surface area contributed by atoms with Gasteiger partial charge in [-0.1, -0.05) is 32.4 Å². The highest BCUT2D eigenvalue weighted by Gasteiger charge is 2.15. The molecular formula is C15H21ClO. The zero-order valence-electron chi connectivity index (χ0n) is 10.7. The molecule has 94 valence electrons. The van der Waals surface area contributed by atoms with Gasteiger partial charge in [0.05, 0.1) is 12.0 Å². The van der Waals surface area contributed by atoms with Crippen molar-refractivity contribution < 1.29 is 4.74 Å². The fourth-order valence-corrected chi connectivity index (χ4v) is 2.67. The van der Waals surface area contributed by atoms with Gasteiger partial charge in [-0.25, -0.2) is 0 Å². The molecule has 2 unspecified atom stereocenters. The molecule has 1 aromatic rings. The smallest absolute Gasteiger partial charge is 0.122 e. The van der Waals surface area contributed by atoms with E-state index in [1.807, 2.05) is 0 Å². The van der Waals surface area contributed by atoms with Crippen LogP contribution >= 0.6 is 11.6 Å². The summed E-state index contributed by atoms with van der Waals surface area (Å²) >= 11 is 6.48. The van der Waals surface area contributed by atoms with E-state index in [2.05, 4.69) is 32.0 Å². The summed E-state index contributed by atoms with van der Waals surface area (Å²) in [7, 11) is 0. The van der Waals surface area contributed by atoms with E-state index in [0.717, 1.165) is 31.6 Å². The zero-order chi connectivity index (χ0) is 12.3. The van der Waals surface area contributed by atoms with Crippen molar-refractivity contribution in [3.8, 4) is 5.75 Å². The Bertz CT molecular complexity index is 375. The van der Waals surface area contributed by atoms with Crippen molar-refractivity contribution in [3.63, 3.8) is 0 Å². The van der Waals surface area contributed by atoms with Gasteiger partial charge in [0.2, 0.25) is 0 Å². The predicted molar refractivity (Wildman–Crippen MR) is 72.9 cm³/mol. The number of ether oxygens (including phenoxy) is 1. The standard InChI is InChI=1S/C15H21ClO/c1-3-11(2)9-14(16)12-6-7-15-13(10-12)5-4-8-17-15/h6-7,10-11,14H,3-5,8-9H2,1-2H3. The van der Waals surface area contributed by atoms with Gasteiger partial charge >= 0.3 is 0 Å². The quantitative estimate of drug-likeness (QED) is 0.704. The SMILES string of the molecule is CCC(C)CC(Cl)c1ccc2c(c1)CCCO2. The fourth-order valence-electron chi connectivity index (χ4n) is 2.23. The summed E-state index contributed by atoms with van der Waals surface area (Å²) in [5, 5.41) is 0.136. The van der Waals surface area contributed by atoms with Crippen molar-refractivity contribution in [1.29, 1.82) is 0 Å². The van der Waals surface area contributed by atoms with Crippen LogP contribution in [0.1, 0.15) is 49.6 Å². The van der Waals surface area contributed by atoms with E-state index in [1.165, 1.54) is 17.5 Å². The summed E-state index contributed by atoms with van der Waals surface area (Å²) in [6, 6.07) is 6.43. The van der Waals surface area contributed by atoms with Crippen LogP contribution in [0.25, 0.3) is 0 Å². The number of alkyl halides is 1. The molecule has 0 bridgehead atoms. The highest BCUT2D eigenvalue weighted by atomic mass is 35.5. The number of hydrogen-bond donors (Lipinski definition) is 0. The number of rotatable bonds is 4. The third-order valence-electron chi connectivity index (χ3n) is 3.60. The molecule has 0 amide bonds. The van der Waals surface area contributed by atoms with Crippen molar-refractivity contribution in [3.05, 3.63) is 29.3 Å². The minimum absolute atomic E-state index is 0.136. The van der Waals surface area contributed by atoms with Gasteiger partial charge in [0.1, 0.15) is 5.75 Å². The number of benzene rings is 1. The van der Waals surface area contributed by atoms with E-state index in [0.29, 0.717) is 5.92 Å². The third kappa shape index (κ3) is 3.16. The van der Waals surface area contributed by atoms with Gasteiger partial charge in [-0.05, 0) is 42.4 Å². The lowest BCUT2D eigenvalue weighted by atomic mass is 9.96. The van der Waals surface area contributed by atoms with Crippen LogP contribution in [0.2, 0.25) is 0 Å². The van der Waals surface area contributed by atoms with Gasteiger partial charge in [0.25, 0.3) is 0 Å². The first-order valence-electron chi connectivity index (χ1n) is 6.60. The number of halogens is 1. The Labute approximate surface area is 109 Å². The van der Waals surface area contributed by atoms with Crippen LogP contribution in [0.15, 0.2) is 18.2 Å². The van der Waals surface area contributed by atoms with Crippen LogP contribution in [0.5, 0.6) is 5.75 Å². The molecule has 0 aliphatic carbocycles. The highest BCUT2D eigenvalue weighted by Crippen LogP contribution is 2.33. The molecule has 2 rings (SSSR count). The normalized spacial score (nSPS) is 18.1. The molecule has 1 nitrogen and oxygen atoms in total. The van der Waals surface area contributed by atoms with Crippen molar-refractivity contribution >= 4 is 11.6 Å². The van der Waals surface area contributed by atoms with Crippen molar-refractivity contribution in [2.45, 2.75) is 44.9 Å².